The predicted octanol–water partition coefficient (Wildman–Crippen LogP) is 3.15. The first kappa shape index (κ1) is 11.0. The minimum atomic E-state index is 0.805. The van der Waals surface area contributed by atoms with Crippen LogP contribution in [0.2, 0.25) is 0 Å². The van der Waals surface area contributed by atoms with Gasteiger partial charge in [-0.1, -0.05) is 27.2 Å². The molecular weight excluding hydrogens is 158 g/mol. The van der Waals surface area contributed by atoms with Gasteiger partial charge in [0.05, 0.1) is 0 Å². The molecule has 1 heteroatoms. The molecule has 0 N–H and O–H groups in total. The average molecular weight is 183 g/mol. The lowest BCUT2D eigenvalue weighted by atomic mass is 9.99. The molecule has 0 amide bonds. The van der Waals surface area contributed by atoms with Crippen LogP contribution in [0.15, 0.2) is 0 Å². The van der Waals surface area contributed by atoms with Gasteiger partial charge in [-0.2, -0.15) is 0 Å². The van der Waals surface area contributed by atoms with E-state index in [2.05, 4.69) is 32.6 Å². The van der Waals surface area contributed by atoms with Crippen molar-refractivity contribution < 1.29 is 0 Å². The molecule has 0 aliphatic carbocycles. The van der Waals surface area contributed by atoms with E-state index in [1.807, 2.05) is 0 Å². The molecule has 1 aliphatic rings. The van der Waals surface area contributed by atoms with Crippen molar-refractivity contribution in [3.05, 3.63) is 0 Å². The van der Waals surface area contributed by atoms with Crippen molar-refractivity contribution in [1.29, 1.82) is 0 Å². The summed E-state index contributed by atoms with van der Waals surface area (Å²) in [6.45, 7) is 12.1. The van der Waals surface area contributed by atoms with Crippen molar-refractivity contribution >= 4 is 0 Å². The van der Waals surface area contributed by atoms with Gasteiger partial charge in [-0.3, -0.25) is 0 Å². The van der Waals surface area contributed by atoms with Gasteiger partial charge in [0.1, 0.15) is 0 Å². The molecule has 0 saturated carbocycles. The van der Waals surface area contributed by atoms with Crippen LogP contribution in [0.1, 0.15) is 47.0 Å². The van der Waals surface area contributed by atoms with Crippen LogP contribution < -0.4 is 0 Å². The Morgan fingerprint density at radius 2 is 2.08 bits per heavy atom. The maximum atomic E-state index is 2.66. The number of likely N-dealkylation sites (tertiary alicyclic amines) is 1. The van der Waals surface area contributed by atoms with Crippen LogP contribution in [0.3, 0.4) is 0 Å². The third-order valence-corrected chi connectivity index (χ3v) is 3.52. The van der Waals surface area contributed by atoms with Crippen LogP contribution >= 0.6 is 0 Å². The Kier molecular flexibility index (Phi) is 4.24. The standard InChI is InChI=1S/C12H25N/c1-5-10(2)8-12(4)13-7-6-11(3)9-13/h10-12H,5-9H2,1-4H3. The molecule has 1 aliphatic heterocycles. The Labute approximate surface area is 83.5 Å². The van der Waals surface area contributed by atoms with E-state index in [1.165, 1.54) is 32.4 Å². The van der Waals surface area contributed by atoms with Crippen LogP contribution in [0.25, 0.3) is 0 Å². The molecule has 3 unspecified atom stereocenters. The molecule has 0 spiro atoms. The highest BCUT2D eigenvalue weighted by Gasteiger charge is 2.23. The zero-order valence-corrected chi connectivity index (χ0v) is 9.71. The monoisotopic (exact) mass is 183 g/mol. The summed E-state index contributed by atoms with van der Waals surface area (Å²) in [4.78, 5) is 2.66. The number of nitrogens with zero attached hydrogens (tertiary/aromatic N) is 1. The van der Waals surface area contributed by atoms with E-state index in [0.717, 1.165) is 17.9 Å². The smallest absolute Gasteiger partial charge is 0.00695 e. The van der Waals surface area contributed by atoms with Crippen LogP contribution in [0.4, 0.5) is 0 Å². The van der Waals surface area contributed by atoms with Crippen molar-refractivity contribution in [2.45, 2.75) is 53.0 Å². The van der Waals surface area contributed by atoms with Crippen molar-refractivity contribution in [3.8, 4) is 0 Å². The molecule has 0 aromatic heterocycles. The van der Waals surface area contributed by atoms with Gasteiger partial charge in [-0.25, -0.2) is 0 Å². The van der Waals surface area contributed by atoms with E-state index in [4.69, 9.17) is 0 Å². The predicted molar refractivity (Wildman–Crippen MR) is 58.9 cm³/mol. The van der Waals surface area contributed by atoms with Crippen molar-refractivity contribution in [1.82, 2.24) is 4.90 Å². The molecule has 1 fully saturated rings. The second kappa shape index (κ2) is 4.99. The lowest BCUT2D eigenvalue weighted by Crippen LogP contribution is -2.32. The molecule has 0 aromatic carbocycles. The van der Waals surface area contributed by atoms with E-state index in [9.17, 15) is 0 Å². The fourth-order valence-corrected chi connectivity index (χ4v) is 2.27. The zero-order chi connectivity index (χ0) is 9.84. The van der Waals surface area contributed by atoms with Gasteiger partial charge in [0.15, 0.2) is 0 Å². The Balaban J connectivity index is 2.27. The summed E-state index contributed by atoms with van der Waals surface area (Å²) in [5.74, 6) is 1.82. The van der Waals surface area contributed by atoms with E-state index >= 15 is 0 Å². The molecule has 0 radical (unpaired) electrons. The average Bonchev–Trinajstić information content (AvgIpc) is 2.51. The maximum Gasteiger partial charge on any atom is 0.00695 e. The van der Waals surface area contributed by atoms with Crippen LogP contribution in [0, 0.1) is 11.8 Å². The van der Waals surface area contributed by atoms with Crippen LogP contribution in [0.5, 0.6) is 0 Å². The number of hydrogen-bond donors (Lipinski definition) is 0. The molecular formula is C12H25N. The van der Waals surface area contributed by atoms with Crippen LogP contribution in [-0.4, -0.2) is 24.0 Å². The fraction of sp³-hybridized carbons (Fsp3) is 1.00. The molecule has 0 aromatic rings. The summed E-state index contributed by atoms with van der Waals surface area (Å²) in [6.07, 6.45) is 4.11. The van der Waals surface area contributed by atoms with E-state index < -0.39 is 0 Å². The van der Waals surface area contributed by atoms with Gasteiger partial charge in [0.25, 0.3) is 0 Å². The minimum Gasteiger partial charge on any atom is -0.300 e. The van der Waals surface area contributed by atoms with Crippen molar-refractivity contribution in [3.63, 3.8) is 0 Å². The van der Waals surface area contributed by atoms with Gasteiger partial charge in [-0.05, 0) is 38.1 Å². The summed E-state index contributed by atoms with van der Waals surface area (Å²) in [6, 6.07) is 0.805. The summed E-state index contributed by atoms with van der Waals surface area (Å²) >= 11 is 0. The Bertz CT molecular complexity index is 144. The molecule has 0 bridgehead atoms. The molecule has 1 heterocycles. The van der Waals surface area contributed by atoms with Gasteiger partial charge >= 0.3 is 0 Å². The molecule has 1 nitrogen and oxygen atoms in total. The number of hydrogen-bond acceptors (Lipinski definition) is 1. The molecule has 3 atom stereocenters. The summed E-state index contributed by atoms with van der Waals surface area (Å²) in [5, 5.41) is 0. The first-order valence-corrected chi connectivity index (χ1v) is 5.87. The topological polar surface area (TPSA) is 3.24 Å². The SMILES string of the molecule is CCC(C)CC(C)N1CCC(C)C1. The fourth-order valence-electron chi connectivity index (χ4n) is 2.27. The second-order valence-corrected chi connectivity index (χ2v) is 4.99. The molecule has 78 valence electrons. The molecule has 13 heavy (non-hydrogen) atoms. The Morgan fingerprint density at radius 1 is 1.38 bits per heavy atom. The van der Waals surface area contributed by atoms with Crippen molar-refractivity contribution in [2.24, 2.45) is 11.8 Å². The maximum absolute atomic E-state index is 2.66. The lowest BCUT2D eigenvalue weighted by molar-refractivity contribution is 0.217. The third-order valence-electron chi connectivity index (χ3n) is 3.52. The number of rotatable bonds is 4. The normalized spacial score (nSPS) is 29.1. The first-order chi connectivity index (χ1) is 6.13. The van der Waals surface area contributed by atoms with Gasteiger partial charge in [0, 0.05) is 12.6 Å². The summed E-state index contributed by atoms with van der Waals surface area (Å²) < 4.78 is 0. The zero-order valence-electron chi connectivity index (χ0n) is 9.71. The molecule has 1 saturated heterocycles. The van der Waals surface area contributed by atoms with Gasteiger partial charge in [0.2, 0.25) is 0 Å². The highest BCUT2D eigenvalue weighted by molar-refractivity contribution is 4.77. The Morgan fingerprint density at radius 3 is 2.54 bits per heavy atom. The van der Waals surface area contributed by atoms with E-state index in [-0.39, 0.29) is 0 Å². The summed E-state index contributed by atoms with van der Waals surface area (Å²) in [7, 11) is 0. The largest absolute Gasteiger partial charge is 0.300 e. The highest BCUT2D eigenvalue weighted by Crippen LogP contribution is 2.21. The summed E-state index contributed by atoms with van der Waals surface area (Å²) in [5.41, 5.74) is 0. The second-order valence-electron chi connectivity index (χ2n) is 4.99. The lowest BCUT2D eigenvalue weighted by Gasteiger charge is -2.26. The van der Waals surface area contributed by atoms with Crippen LogP contribution in [-0.2, 0) is 0 Å². The first-order valence-electron chi connectivity index (χ1n) is 5.87. The van der Waals surface area contributed by atoms with E-state index in [1.54, 1.807) is 0 Å². The van der Waals surface area contributed by atoms with Gasteiger partial charge in [-0.15, -0.1) is 0 Å². The van der Waals surface area contributed by atoms with Gasteiger partial charge < -0.3 is 4.90 Å². The highest BCUT2D eigenvalue weighted by atomic mass is 15.2. The third kappa shape index (κ3) is 3.30. The Hall–Kier alpha value is -0.0400. The minimum absolute atomic E-state index is 0.805. The van der Waals surface area contributed by atoms with Crippen molar-refractivity contribution in [2.75, 3.05) is 13.1 Å². The quantitative estimate of drug-likeness (QED) is 0.647. The van der Waals surface area contributed by atoms with E-state index in [0.29, 0.717) is 0 Å². The molecule has 1 rings (SSSR count).